The number of ketones is 1. The van der Waals surface area contributed by atoms with Crippen LogP contribution in [0.5, 0.6) is 5.75 Å². The Hall–Kier alpha value is -2.61. The molecule has 1 rings (SSSR count). The normalized spacial score (nSPS) is 12.2. The Balaban J connectivity index is 2.91. The molecule has 2 N–H and O–H groups in total. The van der Waals surface area contributed by atoms with Crippen molar-refractivity contribution in [2.75, 3.05) is 20.3 Å². The van der Waals surface area contributed by atoms with E-state index >= 15 is 0 Å². The first-order valence-corrected chi connectivity index (χ1v) is 8.53. The summed E-state index contributed by atoms with van der Waals surface area (Å²) >= 11 is 0. The fourth-order valence-corrected chi connectivity index (χ4v) is 2.22. The Bertz CT molecular complexity index is 679. The number of carboxylic acid groups (broad SMARTS) is 1. The first kappa shape index (κ1) is 22.4. The number of ether oxygens (including phenoxy) is 3. The number of amides is 1. The maximum atomic E-state index is 12.6. The van der Waals surface area contributed by atoms with E-state index in [4.69, 9.17) is 19.3 Å². The average molecular weight is 381 g/mol. The van der Waals surface area contributed by atoms with Crippen molar-refractivity contribution in [3.8, 4) is 5.75 Å². The molecule has 0 aromatic heterocycles. The molecule has 0 heterocycles. The zero-order valence-electron chi connectivity index (χ0n) is 16.3. The molecule has 0 fully saturated rings. The predicted molar refractivity (Wildman–Crippen MR) is 98.3 cm³/mol. The number of hydrogen-bond acceptors (Lipinski definition) is 6. The third kappa shape index (κ3) is 8.08. The molecule has 1 aromatic carbocycles. The molecular weight excluding hydrogens is 354 g/mol. The Morgan fingerprint density at radius 1 is 1.22 bits per heavy atom. The lowest BCUT2D eigenvalue weighted by Gasteiger charge is -2.21. The molecule has 0 aliphatic rings. The van der Waals surface area contributed by atoms with Gasteiger partial charge in [0.2, 0.25) is 0 Å². The quantitative estimate of drug-likeness (QED) is 0.632. The highest BCUT2D eigenvalue weighted by atomic mass is 16.6. The van der Waals surface area contributed by atoms with Gasteiger partial charge < -0.3 is 24.6 Å². The Morgan fingerprint density at radius 2 is 1.89 bits per heavy atom. The minimum atomic E-state index is -1.09. The van der Waals surface area contributed by atoms with E-state index in [1.807, 2.05) is 0 Å². The number of rotatable bonds is 9. The van der Waals surface area contributed by atoms with Crippen LogP contribution in [0.2, 0.25) is 0 Å². The fourth-order valence-electron chi connectivity index (χ4n) is 2.22. The number of benzene rings is 1. The van der Waals surface area contributed by atoms with Crippen LogP contribution in [-0.4, -0.2) is 54.9 Å². The van der Waals surface area contributed by atoms with Crippen LogP contribution in [0.3, 0.4) is 0 Å². The molecule has 8 nitrogen and oxygen atoms in total. The van der Waals surface area contributed by atoms with Crippen molar-refractivity contribution in [2.24, 2.45) is 0 Å². The van der Waals surface area contributed by atoms with Crippen LogP contribution in [0.1, 0.15) is 43.6 Å². The summed E-state index contributed by atoms with van der Waals surface area (Å²) in [5.41, 5.74) is 0.351. The van der Waals surface area contributed by atoms with E-state index in [2.05, 4.69) is 5.32 Å². The molecule has 0 saturated heterocycles. The number of carbonyl (C=O) groups is 3. The molecule has 8 heteroatoms. The molecule has 0 radical (unpaired) electrons. The molecule has 27 heavy (non-hydrogen) atoms. The van der Waals surface area contributed by atoms with Crippen molar-refractivity contribution in [3.05, 3.63) is 29.3 Å². The predicted octanol–water partition coefficient (Wildman–Crippen LogP) is 2.43. The molecule has 0 unspecified atom stereocenters. The summed E-state index contributed by atoms with van der Waals surface area (Å²) in [6.07, 6.45) is -0.232. The number of Topliss-reactive ketones (excluding diaryl/α,β-unsaturated/α-hetero) is 1. The smallest absolute Gasteiger partial charge is 0.408 e. The highest BCUT2D eigenvalue weighted by Gasteiger charge is 2.22. The van der Waals surface area contributed by atoms with Crippen LogP contribution >= 0.6 is 0 Å². The number of nitrogens with one attached hydrogen (secondary N) is 1. The van der Waals surface area contributed by atoms with Crippen molar-refractivity contribution in [2.45, 2.75) is 45.8 Å². The van der Waals surface area contributed by atoms with E-state index in [0.29, 0.717) is 29.9 Å². The average Bonchev–Trinajstić information content (AvgIpc) is 2.55. The molecular formula is C19H27NO7. The maximum Gasteiger partial charge on any atom is 0.408 e. The monoisotopic (exact) mass is 381 g/mol. The minimum absolute atomic E-state index is 0.302. The van der Waals surface area contributed by atoms with Crippen molar-refractivity contribution >= 4 is 17.8 Å². The van der Waals surface area contributed by atoms with E-state index in [0.717, 1.165) is 0 Å². The van der Waals surface area contributed by atoms with Crippen LogP contribution in [0.25, 0.3) is 0 Å². The molecule has 0 saturated carbocycles. The van der Waals surface area contributed by atoms with Gasteiger partial charge in [-0.05, 0) is 57.9 Å². The summed E-state index contributed by atoms with van der Waals surface area (Å²) in [5, 5.41) is 11.3. The van der Waals surface area contributed by atoms with Gasteiger partial charge in [-0.3, -0.25) is 4.79 Å². The van der Waals surface area contributed by atoms with E-state index in [9.17, 15) is 14.4 Å². The van der Waals surface area contributed by atoms with Gasteiger partial charge >= 0.3 is 12.1 Å². The van der Waals surface area contributed by atoms with Crippen molar-refractivity contribution < 1.29 is 33.7 Å². The van der Waals surface area contributed by atoms with Crippen LogP contribution in [0, 0.1) is 0 Å². The maximum absolute atomic E-state index is 12.6. The largest absolute Gasteiger partial charge is 0.482 e. The fraction of sp³-hybridized carbons (Fsp3) is 0.526. The lowest BCUT2D eigenvalue weighted by atomic mass is 10.0. The highest BCUT2D eigenvalue weighted by Crippen LogP contribution is 2.22. The minimum Gasteiger partial charge on any atom is -0.482 e. The van der Waals surface area contributed by atoms with Crippen LogP contribution in [-0.2, 0) is 20.7 Å². The third-order valence-corrected chi connectivity index (χ3v) is 3.40. The van der Waals surface area contributed by atoms with Crippen LogP contribution in [0.15, 0.2) is 18.2 Å². The summed E-state index contributed by atoms with van der Waals surface area (Å²) in [7, 11) is 1.54. The van der Waals surface area contributed by atoms with Gasteiger partial charge in [0.15, 0.2) is 12.4 Å². The first-order valence-electron chi connectivity index (χ1n) is 8.53. The van der Waals surface area contributed by atoms with Gasteiger partial charge in [-0.25, -0.2) is 9.59 Å². The van der Waals surface area contributed by atoms with E-state index in [-0.39, 0.29) is 5.78 Å². The number of aliphatic carboxylic acids is 1. The second kappa shape index (κ2) is 9.91. The summed E-state index contributed by atoms with van der Waals surface area (Å²) in [6, 6.07) is 3.90. The van der Waals surface area contributed by atoms with Crippen molar-refractivity contribution in [1.82, 2.24) is 5.32 Å². The lowest BCUT2D eigenvalue weighted by molar-refractivity contribution is -0.139. The number of alkyl carbamates (subject to hydrolysis) is 1. The van der Waals surface area contributed by atoms with E-state index in [1.54, 1.807) is 46.9 Å². The molecule has 0 bridgehead atoms. The molecule has 150 valence electrons. The number of carboxylic acids is 1. The van der Waals surface area contributed by atoms with Gasteiger partial charge in [-0.1, -0.05) is 0 Å². The van der Waals surface area contributed by atoms with Gasteiger partial charge in [-0.15, -0.1) is 0 Å². The summed E-state index contributed by atoms with van der Waals surface area (Å²) in [6.45, 7) is 6.66. The van der Waals surface area contributed by atoms with Crippen molar-refractivity contribution in [3.63, 3.8) is 0 Å². The zero-order valence-corrected chi connectivity index (χ0v) is 16.3. The molecule has 1 aromatic rings. The molecule has 1 amide bonds. The molecule has 1 atom stereocenters. The Kier molecular flexibility index (Phi) is 8.24. The topological polar surface area (TPSA) is 111 Å². The summed E-state index contributed by atoms with van der Waals surface area (Å²) < 4.78 is 15.4. The molecule has 0 spiro atoms. The second-order valence-corrected chi connectivity index (χ2v) is 6.98. The van der Waals surface area contributed by atoms with Crippen molar-refractivity contribution in [1.29, 1.82) is 0 Å². The van der Waals surface area contributed by atoms with Crippen LogP contribution in [0.4, 0.5) is 4.79 Å². The summed E-state index contributed by atoms with van der Waals surface area (Å²) in [4.78, 5) is 35.2. The first-order chi connectivity index (χ1) is 12.5. The molecule has 0 aliphatic carbocycles. The van der Waals surface area contributed by atoms with Gasteiger partial charge in [-0.2, -0.15) is 0 Å². The number of carbonyl (C=O) groups excluding carboxylic acids is 2. The van der Waals surface area contributed by atoms with Gasteiger partial charge in [0.1, 0.15) is 11.4 Å². The Labute approximate surface area is 158 Å². The SMILES string of the molecule is COCCc1cc(C(=O)[C@H](C)NC(=O)OC(C)(C)C)ccc1OCC(=O)O. The lowest BCUT2D eigenvalue weighted by Crippen LogP contribution is -2.41. The number of hydrogen-bond donors (Lipinski definition) is 2. The van der Waals surface area contributed by atoms with Gasteiger partial charge in [0.05, 0.1) is 12.6 Å². The molecule has 0 aliphatic heterocycles. The number of methoxy groups -OCH3 is 1. The standard InChI is InChI=1S/C19H27NO7/c1-12(20-18(24)27-19(2,3)4)17(23)14-6-7-15(26-11-16(21)22)13(10-14)8-9-25-5/h6-7,10,12H,8-9,11H2,1-5H3,(H,20,24)(H,21,22)/t12-/m0/s1. The summed E-state index contributed by atoms with van der Waals surface area (Å²) in [5.74, 6) is -1.02. The zero-order chi connectivity index (χ0) is 20.6. The van der Waals surface area contributed by atoms with Gasteiger partial charge in [0, 0.05) is 12.7 Å². The van der Waals surface area contributed by atoms with E-state index in [1.165, 1.54) is 6.07 Å². The third-order valence-electron chi connectivity index (χ3n) is 3.40. The van der Waals surface area contributed by atoms with Crippen LogP contribution < -0.4 is 10.1 Å². The highest BCUT2D eigenvalue weighted by molar-refractivity contribution is 6.01. The second-order valence-electron chi connectivity index (χ2n) is 6.98. The Morgan fingerprint density at radius 3 is 2.44 bits per heavy atom. The van der Waals surface area contributed by atoms with Gasteiger partial charge in [0.25, 0.3) is 0 Å². The van der Waals surface area contributed by atoms with E-state index < -0.39 is 30.3 Å².